The van der Waals surface area contributed by atoms with Crippen molar-refractivity contribution in [1.29, 1.82) is 0 Å². The van der Waals surface area contributed by atoms with Gasteiger partial charge in [-0.25, -0.2) is 4.39 Å². The van der Waals surface area contributed by atoms with Crippen LogP contribution < -0.4 is 0 Å². The Hall–Kier alpha value is -1.98. The van der Waals surface area contributed by atoms with Crippen LogP contribution in [0, 0.1) is 27.3 Å². The predicted octanol–water partition coefficient (Wildman–Crippen LogP) is 3.24. The molecule has 0 spiro atoms. The Morgan fingerprint density at radius 3 is 2.62 bits per heavy atom. The van der Waals surface area contributed by atoms with Gasteiger partial charge in [0.1, 0.15) is 11.4 Å². The number of nitro groups is 1. The molecule has 1 amide bonds. The fourth-order valence-corrected chi connectivity index (χ4v) is 2.66. The van der Waals surface area contributed by atoms with Gasteiger partial charge in [0.15, 0.2) is 0 Å². The summed E-state index contributed by atoms with van der Waals surface area (Å²) in [4.78, 5) is 24.4. The second kappa shape index (κ2) is 5.42. The third kappa shape index (κ3) is 3.20. The smallest absolute Gasteiger partial charge is 0.282 e. The Balaban J connectivity index is 2.26. The molecule has 1 aliphatic rings. The summed E-state index contributed by atoms with van der Waals surface area (Å²) in [5.41, 5.74) is -0.446. The van der Waals surface area contributed by atoms with Crippen LogP contribution in [0.2, 0.25) is 0 Å². The number of nitro benzene ring substituents is 1. The third-order valence-corrected chi connectivity index (χ3v) is 4.09. The molecule has 0 saturated carbocycles. The fourth-order valence-electron chi connectivity index (χ4n) is 2.66. The highest BCUT2D eigenvalue weighted by atomic mass is 19.1. The van der Waals surface area contributed by atoms with Crippen molar-refractivity contribution in [2.45, 2.75) is 27.2 Å². The summed E-state index contributed by atoms with van der Waals surface area (Å²) in [6.45, 7) is 7.42. The zero-order valence-corrected chi connectivity index (χ0v) is 12.4. The van der Waals surface area contributed by atoms with Crippen LogP contribution in [0.1, 0.15) is 37.6 Å². The average molecular weight is 294 g/mol. The van der Waals surface area contributed by atoms with E-state index >= 15 is 0 Å². The number of halogens is 1. The van der Waals surface area contributed by atoms with Gasteiger partial charge in [0.25, 0.3) is 11.6 Å². The lowest BCUT2D eigenvalue weighted by Gasteiger charge is -2.26. The Kier molecular flexibility index (Phi) is 3.98. The summed E-state index contributed by atoms with van der Waals surface area (Å²) in [6, 6.07) is 2.99. The number of rotatable bonds is 2. The molecule has 5 nitrogen and oxygen atoms in total. The first-order valence-electron chi connectivity index (χ1n) is 6.93. The van der Waals surface area contributed by atoms with Gasteiger partial charge in [-0.15, -0.1) is 0 Å². The maximum Gasteiger partial charge on any atom is 0.282 e. The van der Waals surface area contributed by atoms with E-state index in [0.29, 0.717) is 19.0 Å². The molecule has 0 bridgehead atoms. The van der Waals surface area contributed by atoms with E-state index in [2.05, 4.69) is 20.8 Å². The van der Waals surface area contributed by atoms with Gasteiger partial charge >= 0.3 is 0 Å². The number of hydrogen-bond donors (Lipinski definition) is 0. The number of amides is 1. The topological polar surface area (TPSA) is 63.5 Å². The molecule has 1 aliphatic heterocycles. The van der Waals surface area contributed by atoms with Crippen LogP contribution in [0.15, 0.2) is 18.2 Å². The first-order chi connectivity index (χ1) is 9.70. The number of nitrogens with zero attached hydrogens (tertiary/aromatic N) is 2. The molecule has 0 N–H and O–H groups in total. The van der Waals surface area contributed by atoms with Crippen molar-refractivity contribution in [2.75, 3.05) is 13.1 Å². The Morgan fingerprint density at radius 1 is 1.43 bits per heavy atom. The van der Waals surface area contributed by atoms with E-state index in [-0.39, 0.29) is 16.7 Å². The van der Waals surface area contributed by atoms with Crippen LogP contribution in [0.3, 0.4) is 0 Å². The molecule has 0 aliphatic carbocycles. The normalized spacial score (nSPS) is 18.9. The van der Waals surface area contributed by atoms with Crippen LogP contribution in [0.5, 0.6) is 0 Å². The molecule has 1 heterocycles. The summed E-state index contributed by atoms with van der Waals surface area (Å²) >= 11 is 0. The summed E-state index contributed by atoms with van der Waals surface area (Å²) < 4.78 is 13.3. The first kappa shape index (κ1) is 15.4. The Morgan fingerprint density at radius 2 is 2.10 bits per heavy atom. The number of carbonyl (C=O) groups excluding carboxylic acids is 1. The zero-order chi connectivity index (χ0) is 15.8. The molecular formula is C15H19FN2O3. The molecule has 1 atom stereocenters. The van der Waals surface area contributed by atoms with Crippen LogP contribution in [0.25, 0.3) is 0 Å². The largest absolute Gasteiger partial charge is 0.338 e. The molecule has 1 aromatic carbocycles. The molecule has 1 saturated heterocycles. The van der Waals surface area contributed by atoms with Gasteiger partial charge in [-0.05, 0) is 29.9 Å². The minimum Gasteiger partial charge on any atom is -0.338 e. The van der Waals surface area contributed by atoms with E-state index in [1.54, 1.807) is 4.90 Å². The second-order valence-corrected chi connectivity index (χ2v) is 6.52. The molecule has 0 radical (unpaired) electrons. The van der Waals surface area contributed by atoms with E-state index in [9.17, 15) is 19.3 Å². The van der Waals surface area contributed by atoms with Crippen molar-refractivity contribution >= 4 is 11.6 Å². The van der Waals surface area contributed by atoms with Crippen molar-refractivity contribution < 1.29 is 14.1 Å². The molecule has 1 fully saturated rings. The summed E-state index contributed by atoms with van der Waals surface area (Å²) in [7, 11) is 0. The van der Waals surface area contributed by atoms with Gasteiger partial charge in [-0.3, -0.25) is 14.9 Å². The van der Waals surface area contributed by atoms with Gasteiger partial charge in [0, 0.05) is 19.2 Å². The number of benzene rings is 1. The summed E-state index contributed by atoms with van der Waals surface area (Å²) in [5.74, 6) is -0.766. The molecule has 1 unspecified atom stereocenters. The lowest BCUT2D eigenvalue weighted by atomic mass is 9.80. The van der Waals surface area contributed by atoms with Gasteiger partial charge in [-0.2, -0.15) is 0 Å². The quantitative estimate of drug-likeness (QED) is 0.621. The van der Waals surface area contributed by atoms with E-state index in [1.807, 2.05) is 0 Å². The highest BCUT2D eigenvalue weighted by molar-refractivity contribution is 5.98. The van der Waals surface area contributed by atoms with E-state index in [0.717, 1.165) is 24.6 Å². The fraction of sp³-hybridized carbons (Fsp3) is 0.533. The molecule has 2 rings (SSSR count). The molecule has 1 aromatic rings. The minimum atomic E-state index is -0.649. The maximum atomic E-state index is 13.3. The van der Waals surface area contributed by atoms with Crippen molar-refractivity contribution in [1.82, 2.24) is 4.90 Å². The molecular weight excluding hydrogens is 275 g/mol. The Labute approximate surface area is 122 Å². The van der Waals surface area contributed by atoms with Crippen LogP contribution in [0.4, 0.5) is 10.1 Å². The van der Waals surface area contributed by atoms with E-state index in [1.165, 1.54) is 0 Å². The van der Waals surface area contributed by atoms with Gasteiger partial charge in [-0.1, -0.05) is 20.8 Å². The standard InChI is InChI=1S/C15H19FN2O3/c1-15(2,3)10-6-7-17(9-10)14(19)12-8-11(16)4-5-13(12)18(20)21/h4-5,8,10H,6-7,9H2,1-3H3. The number of likely N-dealkylation sites (tertiary alicyclic amines) is 1. The third-order valence-electron chi connectivity index (χ3n) is 4.09. The average Bonchev–Trinajstić information content (AvgIpc) is 2.86. The number of hydrogen-bond acceptors (Lipinski definition) is 3. The zero-order valence-electron chi connectivity index (χ0n) is 12.4. The highest BCUT2D eigenvalue weighted by Crippen LogP contribution is 2.34. The minimum absolute atomic E-state index is 0.0723. The lowest BCUT2D eigenvalue weighted by Crippen LogP contribution is -2.31. The molecule has 6 heteroatoms. The van der Waals surface area contributed by atoms with Gasteiger partial charge < -0.3 is 4.90 Å². The maximum absolute atomic E-state index is 13.3. The van der Waals surface area contributed by atoms with E-state index in [4.69, 9.17) is 0 Å². The summed E-state index contributed by atoms with van der Waals surface area (Å²) in [5, 5.41) is 11.0. The van der Waals surface area contributed by atoms with Gasteiger partial charge in [0.2, 0.25) is 0 Å². The first-order valence-corrected chi connectivity index (χ1v) is 6.93. The molecule has 114 valence electrons. The lowest BCUT2D eigenvalue weighted by molar-refractivity contribution is -0.385. The molecule has 0 aromatic heterocycles. The second-order valence-electron chi connectivity index (χ2n) is 6.52. The van der Waals surface area contributed by atoms with Crippen molar-refractivity contribution in [3.63, 3.8) is 0 Å². The van der Waals surface area contributed by atoms with Crippen molar-refractivity contribution in [3.05, 3.63) is 39.7 Å². The van der Waals surface area contributed by atoms with Crippen molar-refractivity contribution in [2.24, 2.45) is 11.3 Å². The van der Waals surface area contributed by atoms with Crippen LogP contribution >= 0.6 is 0 Å². The molecule has 21 heavy (non-hydrogen) atoms. The Bertz CT molecular complexity index is 581. The highest BCUT2D eigenvalue weighted by Gasteiger charge is 2.35. The predicted molar refractivity (Wildman–Crippen MR) is 76.5 cm³/mol. The van der Waals surface area contributed by atoms with E-state index < -0.39 is 16.6 Å². The van der Waals surface area contributed by atoms with Gasteiger partial charge in [0.05, 0.1) is 4.92 Å². The van der Waals surface area contributed by atoms with Crippen LogP contribution in [-0.2, 0) is 0 Å². The van der Waals surface area contributed by atoms with Crippen LogP contribution in [-0.4, -0.2) is 28.8 Å². The SMILES string of the molecule is CC(C)(C)C1CCN(C(=O)c2cc(F)ccc2[N+](=O)[O-])C1. The summed E-state index contributed by atoms with van der Waals surface area (Å²) in [6.07, 6.45) is 0.859. The monoisotopic (exact) mass is 294 g/mol. The number of carbonyl (C=O) groups is 1. The van der Waals surface area contributed by atoms with Crippen molar-refractivity contribution in [3.8, 4) is 0 Å².